The minimum Gasteiger partial charge on any atom is -0.361 e. The van der Waals surface area contributed by atoms with E-state index >= 15 is 0 Å². The lowest BCUT2D eigenvalue weighted by Crippen LogP contribution is -2.64. The average Bonchev–Trinajstić information content (AvgIpc) is 3.57. The monoisotopic (exact) mass is 774 g/mol. The Bertz CT molecular complexity index is 1890. The lowest BCUT2D eigenvalue weighted by Gasteiger charge is -2.34. The number of carbonyl (C=O) groups is 7. The highest BCUT2D eigenvalue weighted by Crippen LogP contribution is 2.20. The van der Waals surface area contributed by atoms with Crippen LogP contribution in [0.3, 0.4) is 0 Å². The highest BCUT2D eigenvalue weighted by atomic mass is 32.2. The molecule has 2 aliphatic rings. The fourth-order valence-corrected chi connectivity index (χ4v) is 7.29. The van der Waals surface area contributed by atoms with Crippen LogP contribution in [0.15, 0.2) is 60.8 Å². The maximum Gasteiger partial charge on any atom is 0.247 e. The molecule has 294 valence electrons. The lowest BCUT2D eigenvalue weighted by atomic mass is 9.99. The van der Waals surface area contributed by atoms with Crippen LogP contribution < -0.4 is 31.9 Å². The zero-order valence-corrected chi connectivity index (χ0v) is 32.3. The van der Waals surface area contributed by atoms with Crippen molar-refractivity contribution in [2.75, 3.05) is 25.6 Å². The number of hydrogen-bond donors (Lipinski definition) is 7. The summed E-state index contributed by atoms with van der Waals surface area (Å²) in [7, 11) is 1.44. The maximum absolute atomic E-state index is 14.3. The summed E-state index contributed by atoms with van der Waals surface area (Å²) in [4.78, 5) is 103. The second-order valence-corrected chi connectivity index (χ2v) is 15.4. The largest absolute Gasteiger partial charge is 0.361 e. The Balaban J connectivity index is 1.60. The third kappa shape index (κ3) is 10.6. The standard InChI is InChI=1S/C39H50N8O7S/c1-22(2)16-32-38(53)42-27(14-15-55-4)34(49)45-30-19-33(48)41-21-31(39(54)47(32)3)46-35(50)28(17-23-10-6-5-7-11-23)43-36(51)29(44-37(30)52)18-24-20-40-26-13-9-8-12-25(24)26/h5-13,20,22,27-32,40H,14-19,21H2,1-4H3,(H,41,48)(H,42,53)(H,43,51)(H,44,52)(H,45,49)(H,46,50)/t27-,28?,29-,30-,31-,32-/m0/s1. The second kappa shape index (κ2) is 18.8. The molecule has 0 spiro atoms. The summed E-state index contributed by atoms with van der Waals surface area (Å²) in [6.45, 7) is 3.38. The Kier molecular flexibility index (Phi) is 13.9. The summed E-state index contributed by atoms with van der Waals surface area (Å²) in [6, 6.07) is 8.95. The first kappa shape index (κ1) is 40.8. The number of H-pyrrole nitrogens is 1. The number of rotatable bonds is 9. The van der Waals surface area contributed by atoms with Gasteiger partial charge in [0.25, 0.3) is 0 Å². The molecule has 1 aromatic heterocycles. The topological polar surface area (TPSA) is 211 Å². The molecule has 0 aliphatic carbocycles. The number of fused-ring (bicyclic) bond motifs is 6. The van der Waals surface area contributed by atoms with Gasteiger partial charge in [-0.05, 0) is 48.0 Å². The van der Waals surface area contributed by atoms with Gasteiger partial charge in [0.2, 0.25) is 41.4 Å². The Hall–Kier alpha value is -5.38. The van der Waals surface area contributed by atoms with E-state index in [0.717, 1.165) is 10.9 Å². The van der Waals surface area contributed by atoms with Crippen LogP contribution in [0.25, 0.3) is 10.9 Å². The van der Waals surface area contributed by atoms with Gasteiger partial charge in [-0.25, -0.2) is 0 Å². The minimum atomic E-state index is -1.47. The summed E-state index contributed by atoms with van der Waals surface area (Å²) in [5, 5.41) is 17.3. The van der Waals surface area contributed by atoms with Gasteiger partial charge in [-0.1, -0.05) is 62.4 Å². The molecule has 3 aromatic rings. The molecule has 2 saturated heterocycles. The first-order valence-corrected chi connectivity index (χ1v) is 19.9. The summed E-state index contributed by atoms with van der Waals surface area (Å²) < 4.78 is 0. The number of amides is 7. The van der Waals surface area contributed by atoms with E-state index in [4.69, 9.17) is 0 Å². The molecule has 15 nitrogen and oxygen atoms in total. The van der Waals surface area contributed by atoms with Crippen molar-refractivity contribution < 1.29 is 33.6 Å². The fourth-order valence-electron chi connectivity index (χ4n) is 6.82. The smallest absolute Gasteiger partial charge is 0.247 e. The minimum absolute atomic E-state index is 0.0102. The van der Waals surface area contributed by atoms with E-state index in [1.807, 2.05) is 50.4 Å². The molecule has 0 saturated carbocycles. The van der Waals surface area contributed by atoms with E-state index in [9.17, 15) is 33.6 Å². The Morgan fingerprint density at radius 2 is 1.35 bits per heavy atom. The highest BCUT2D eigenvalue weighted by molar-refractivity contribution is 7.98. The SMILES string of the molecule is CSCC[C@@H]1NC(=O)[C@H](CC(C)C)N(C)C(=O)[C@@H]2CNC(=O)C[C@H](NC1=O)C(=O)N[C@@H](Cc1c[nH]c3ccccc13)C(=O)NC(Cc1ccccc1)C(=O)N2. The number of thioether (sulfide) groups is 1. The van der Waals surface area contributed by atoms with E-state index in [0.29, 0.717) is 16.9 Å². The summed E-state index contributed by atoms with van der Waals surface area (Å²) in [5.74, 6) is -4.42. The number of carbonyl (C=O) groups excluding carboxylic acids is 7. The Morgan fingerprint density at radius 3 is 2.07 bits per heavy atom. The summed E-state index contributed by atoms with van der Waals surface area (Å²) in [6.07, 6.45) is 3.46. The van der Waals surface area contributed by atoms with Crippen LogP contribution in [0.5, 0.6) is 0 Å². The second-order valence-electron chi connectivity index (χ2n) is 14.4. The van der Waals surface area contributed by atoms with Crippen LogP contribution in [0.1, 0.15) is 44.2 Å². The predicted molar refractivity (Wildman–Crippen MR) is 208 cm³/mol. The predicted octanol–water partition coefficient (Wildman–Crippen LogP) is 0.537. The molecule has 2 aromatic carbocycles. The van der Waals surface area contributed by atoms with Crippen LogP contribution in [-0.4, -0.2) is 113 Å². The van der Waals surface area contributed by atoms with Crippen molar-refractivity contribution in [2.24, 2.45) is 5.92 Å². The Labute approximate surface area is 324 Å². The van der Waals surface area contributed by atoms with Crippen molar-refractivity contribution in [1.29, 1.82) is 0 Å². The molecule has 55 heavy (non-hydrogen) atoms. The zero-order valence-electron chi connectivity index (χ0n) is 31.5. The van der Waals surface area contributed by atoms with E-state index in [1.165, 1.54) is 23.7 Å². The molecule has 7 amide bonds. The van der Waals surface area contributed by atoms with E-state index in [2.05, 4.69) is 36.9 Å². The zero-order chi connectivity index (χ0) is 39.6. The molecule has 1 unspecified atom stereocenters. The maximum atomic E-state index is 14.3. The van der Waals surface area contributed by atoms with Crippen LogP contribution >= 0.6 is 11.8 Å². The van der Waals surface area contributed by atoms with Crippen molar-refractivity contribution in [3.63, 3.8) is 0 Å². The quantitative estimate of drug-likeness (QED) is 0.163. The molecule has 7 N–H and O–H groups in total. The lowest BCUT2D eigenvalue weighted by molar-refractivity contribution is -0.144. The van der Waals surface area contributed by atoms with Crippen LogP contribution in [0.4, 0.5) is 0 Å². The third-order valence-corrected chi connectivity index (χ3v) is 10.5. The van der Waals surface area contributed by atoms with Crippen LogP contribution in [-0.2, 0) is 46.4 Å². The molecule has 5 rings (SSSR count). The molecule has 0 radical (unpaired) electrons. The molecule has 2 aliphatic heterocycles. The van der Waals surface area contributed by atoms with Crippen LogP contribution in [0, 0.1) is 5.92 Å². The van der Waals surface area contributed by atoms with E-state index in [-0.39, 0.29) is 31.6 Å². The van der Waals surface area contributed by atoms with Gasteiger partial charge in [-0.3, -0.25) is 33.6 Å². The van der Waals surface area contributed by atoms with Crippen molar-refractivity contribution in [2.45, 2.75) is 82.2 Å². The molecule has 6 atom stereocenters. The first-order valence-electron chi connectivity index (χ1n) is 18.5. The summed E-state index contributed by atoms with van der Waals surface area (Å²) in [5.41, 5.74) is 2.22. The van der Waals surface area contributed by atoms with E-state index in [1.54, 1.807) is 30.5 Å². The number of benzene rings is 2. The molecule has 3 heterocycles. The fraction of sp³-hybridized carbons (Fsp3) is 0.462. The number of aromatic nitrogens is 1. The first-order chi connectivity index (χ1) is 26.3. The van der Waals surface area contributed by atoms with Gasteiger partial charge in [-0.2, -0.15) is 11.8 Å². The molecule has 2 bridgehead atoms. The number of hydrogen-bond acceptors (Lipinski definition) is 8. The molecular formula is C39H50N8O7S. The average molecular weight is 775 g/mol. The van der Waals surface area contributed by atoms with Gasteiger partial charge < -0.3 is 41.8 Å². The van der Waals surface area contributed by atoms with E-state index < -0.39 is 90.6 Å². The molecule has 2 fully saturated rings. The van der Waals surface area contributed by atoms with Crippen molar-refractivity contribution >= 4 is 64.0 Å². The number of para-hydroxylation sites is 1. The van der Waals surface area contributed by atoms with Crippen molar-refractivity contribution in [3.05, 3.63) is 71.9 Å². The summed E-state index contributed by atoms with van der Waals surface area (Å²) >= 11 is 1.45. The van der Waals surface area contributed by atoms with Gasteiger partial charge in [0.1, 0.15) is 36.3 Å². The van der Waals surface area contributed by atoms with Crippen molar-refractivity contribution in [1.82, 2.24) is 41.8 Å². The van der Waals surface area contributed by atoms with Gasteiger partial charge in [0, 0.05) is 43.5 Å². The van der Waals surface area contributed by atoms with Gasteiger partial charge in [-0.15, -0.1) is 0 Å². The highest BCUT2D eigenvalue weighted by Gasteiger charge is 2.39. The molecule has 16 heteroatoms. The number of aromatic amines is 1. The number of nitrogens with zero attached hydrogens (tertiary/aromatic N) is 1. The molecular weight excluding hydrogens is 725 g/mol. The Morgan fingerprint density at radius 1 is 0.727 bits per heavy atom. The van der Waals surface area contributed by atoms with Gasteiger partial charge in [0.05, 0.1) is 6.42 Å². The number of nitrogens with one attached hydrogen (secondary N) is 7. The normalized spacial score (nSPS) is 24.8. The van der Waals surface area contributed by atoms with Gasteiger partial charge in [0.15, 0.2) is 0 Å². The van der Waals surface area contributed by atoms with Crippen LogP contribution in [0.2, 0.25) is 0 Å². The van der Waals surface area contributed by atoms with Crippen molar-refractivity contribution in [3.8, 4) is 0 Å². The third-order valence-electron chi connectivity index (χ3n) is 9.84. The number of likely N-dealkylation sites (N-methyl/N-ethyl adjacent to an activating group) is 1. The van der Waals surface area contributed by atoms with Gasteiger partial charge >= 0.3 is 0 Å².